The third-order valence-corrected chi connectivity index (χ3v) is 16.4. The van der Waals surface area contributed by atoms with Crippen LogP contribution in [0.15, 0.2) is 10.5 Å². The average molecular weight is 355 g/mol. The highest BCUT2D eigenvalue weighted by atomic mass is 31.2. The van der Waals surface area contributed by atoms with Crippen molar-refractivity contribution in [1.29, 1.82) is 0 Å². The smallest absolute Gasteiger partial charge is 0.0787 e. The van der Waals surface area contributed by atoms with Crippen LogP contribution in [0.3, 0.4) is 0 Å². The van der Waals surface area contributed by atoms with Gasteiger partial charge in [0.2, 0.25) is 0 Å². The molecule has 2 rings (SSSR count). The first-order chi connectivity index (χ1) is 9.46. The van der Waals surface area contributed by atoms with E-state index in [2.05, 4.69) is 82.0 Å². The van der Waals surface area contributed by atoms with Crippen LogP contribution in [0.5, 0.6) is 0 Å². The largest absolute Gasteiger partial charge is 0.0822 e. The highest BCUT2D eigenvalue weighted by Crippen LogP contribution is 2.91. The van der Waals surface area contributed by atoms with Gasteiger partial charge >= 0.3 is 0 Å². The molecule has 0 aromatic rings. The van der Waals surface area contributed by atoms with Crippen LogP contribution in [-0.4, -0.2) is 18.0 Å². The van der Waals surface area contributed by atoms with Crippen LogP contribution < -0.4 is 0 Å². The summed E-state index contributed by atoms with van der Waals surface area (Å²) in [7, 11) is 0.357. The second-order valence-electron chi connectivity index (χ2n) is 11.2. The number of rotatable bonds is 1. The summed E-state index contributed by atoms with van der Waals surface area (Å²) in [5, 5.41) is 1.86. The minimum Gasteiger partial charge on any atom is -0.0822 e. The van der Waals surface area contributed by atoms with Crippen molar-refractivity contribution in [3.05, 3.63) is 10.5 Å². The lowest BCUT2D eigenvalue weighted by Crippen LogP contribution is -2.59. The lowest BCUT2D eigenvalue weighted by atomic mass is 9.75. The van der Waals surface area contributed by atoms with Gasteiger partial charge in [0.1, 0.15) is 0 Å². The molecule has 2 unspecified atom stereocenters. The van der Waals surface area contributed by atoms with E-state index < -0.39 is 8.07 Å². The molecule has 2 atom stereocenters. The molecule has 0 fully saturated rings. The minimum atomic E-state index is -1.26. The Morgan fingerprint density at radius 2 is 1.27 bits per heavy atom. The number of hydrogen-bond acceptors (Lipinski definition) is 0. The van der Waals surface area contributed by atoms with Crippen LogP contribution in [0, 0.1) is 16.2 Å². The van der Waals surface area contributed by atoms with Crippen molar-refractivity contribution >= 4 is 29.2 Å². The molecule has 0 bridgehead atoms. The molecule has 2 heterocycles. The summed E-state index contributed by atoms with van der Waals surface area (Å²) < 4.78 is 0. The second kappa shape index (κ2) is 4.80. The SMILES string of the molecule is CC(C)(C)C1=PC2(C(C)(C)C)C(C(C)(C)C)=C([Si](C)(C)C)P12. The molecule has 22 heavy (non-hydrogen) atoms. The standard InChI is InChI=1S/C19H36P2Si/c1-16(2,3)13-14(22(10,11)12)21-15(17(4,5)6)20-19(13,21)18(7,8)9/h1-12H3. The minimum absolute atomic E-state index is 0.0316. The van der Waals surface area contributed by atoms with E-state index in [-0.39, 0.29) is 7.92 Å². The van der Waals surface area contributed by atoms with Gasteiger partial charge in [0, 0.05) is 0 Å². The molecule has 0 amide bonds. The van der Waals surface area contributed by atoms with Crippen LogP contribution >= 0.6 is 16.1 Å². The third-order valence-electron chi connectivity index (χ3n) is 4.79. The Morgan fingerprint density at radius 1 is 0.818 bits per heavy atom. The fourth-order valence-corrected chi connectivity index (χ4v) is 16.8. The fraction of sp³-hybridized carbons (Fsp3) is 0.842. The van der Waals surface area contributed by atoms with E-state index in [1.165, 1.54) is 0 Å². The predicted octanol–water partition coefficient (Wildman–Crippen LogP) is 7.54. The predicted molar refractivity (Wildman–Crippen MR) is 110 cm³/mol. The van der Waals surface area contributed by atoms with E-state index in [4.69, 9.17) is 0 Å². The van der Waals surface area contributed by atoms with Crippen molar-refractivity contribution in [3.8, 4) is 0 Å². The Balaban J connectivity index is 2.73. The van der Waals surface area contributed by atoms with Gasteiger partial charge in [-0.1, -0.05) is 95.1 Å². The highest BCUT2D eigenvalue weighted by Gasteiger charge is 2.69. The average Bonchev–Trinajstić information content (AvgIpc) is 2.12. The third kappa shape index (κ3) is 2.46. The summed E-state index contributed by atoms with van der Waals surface area (Å²) in [5.41, 5.74) is 2.92. The molecule has 2 aliphatic heterocycles. The van der Waals surface area contributed by atoms with E-state index in [0.717, 1.165) is 0 Å². The van der Waals surface area contributed by atoms with Gasteiger partial charge in [-0.3, -0.25) is 0 Å². The molecule has 3 heteroatoms. The number of allylic oxidation sites excluding steroid dienone is 1. The molecule has 2 aliphatic rings. The molecule has 0 N–H and O–H groups in total. The van der Waals surface area contributed by atoms with Crippen LogP contribution in [-0.2, 0) is 0 Å². The van der Waals surface area contributed by atoms with Gasteiger partial charge in [0.25, 0.3) is 0 Å². The molecule has 0 aromatic carbocycles. The maximum Gasteiger partial charge on any atom is 0.0787 e. The van der Waals surface area contributed by atoms with Crippen LogP contribution in [0.1, 0.15) is 62.3 Å². The molecule has 0 saturated carbocycles. The van der Waals surface area contributed by atoms with Gasteiger partial charge in [-0.15, -0.1) is 0 Å². The van der Waals surface area contributed by atoms with E-state index in [1.807, 2.05) is 15.5 Å². The van der Waals surface area contributed by atoms with Crippen molar-refractivity contribution in [1.82, 2.24) is 0 Å². The van der Waals surface area contributed by atoms with E-state index in [9.17, 15) is 0 Å². The van der Waals surface area contributed by atoms with Gasteiger partial charge in [-0.25, -0.2) is 0 Å². The summed E-state index contributed by atoms with van der Waals surface area (Å²) in [5.74, 6) is 0. The van der Waals surface area contributed by atoms with Crippen molar-refractivity contribution in [2.24, 2.45) is 16.2 Å². The van der Waals surface area contributed by atoms with Crippen LogP contribution in [0.2, 0.25) is 19.6 Å². The Kier molecular flexibility index (Phi) is 4.12. The van der Waals surface area contributed by atoms with Crippen molar-refractivity contribution in [2.45, 2.75) is 86.9 Å². The quantitative estimate of drug-likeness (QED) is 0.337. The van der Waals surface area contributed by atoms with Crippen LogP contribution in [0.25, 0.3) is 0 Å². The molecular weight excluding hydrogens is 318 g/mol. The molecule has 0 aromatic heterocycles. The highest BCUT2D eigenvalue weighted by molar-refractivity contribution is 8.05. The Hall–Kier alpha value is 0.557. The summed E-state index contributed by atoms with van der Waals surface area (Å²) >= 11 is 0. The first kappa shape index (κ1) is 18.9. The Morgan fingerprint density at radius 3 is 1.55 bits per heavy atom. The van der Waals surface area contributed by atoms with E-state index in [0.29, 0.717) is 21.1 Å². The summed E-state index contributed by atoms with van der Waals surface area (Å²) in [6, 6.07) is 0. The monoisotopic (exact) mass is 354 g/mol. The fourth-order valence-electron chi connectivity index (χ4n) is 3.99. The van der Waals surface area contributed by atoms with Gasteiger partial charge in [-0.2, -0.15) is 0 Å². The van der Waals surface area contributed by atoms with Gasteiger partial charge in [-0.05, 0) is 34.8 Å². The first-order valence-electron chi connectivity index (χ1n) is 8.62. The normalized spacial score (nSPS) is 30.4. The molecule has 0 radical (unpaired) electrons. The molecule has 0 aliphatic carbocycles. The zero-order chi connectivity index (χ0) is 17.5. The molecule has 0 saturated heterocycles. The summed E-state index contributed by atoms with van der Waals surface area (Å²) in [4.78, 5) is 2.42. The molecule has 0 spiro atoms. The number of fused-ring (bicyclic) bond motifs is 1. The van der Waals surface area contributed by atoms with Crippen molar-refractivity contribution < 1.29 is 0 Å². The summed E-state index contributed by atoms with van der Waals surface area (Å²) in [6.07, 6.45) is 0. The lowest BCUT2D eigenvalue weighted by molar-refractivity contribution is 0.333. The van der Waals surface area contributed by atoms with E-state index >= 15 is 0 Å². The van der Waals surface area contributed by atoms with Crippen LogP contribution in [0.4, 0.5) is 0 Å². The Bertz CT molecular complexity index is 556. The topological polar surface area (TPSA) is 0 Å². The maximum absolute atomic E-state index is 2.57. The van der Waals surface area contributed by atoms with Gasteiger partial charge < -0.3 is 0 Å². The zero-order valence-corrected chi connectivity index (χ0v) is 19.7. The van der Waals surface area contributed by atoms with E-state index in [1.54, 1.807) is 8.20 Å². The maximum atomic E-state index is 2.57. The van der Waals surface area contributed by atoms with Gasteiger partial charge in [0.15, 0.2) is 0 Å². The van der Waals surface area contributed by atoms with Crippen molar-refractivity contribution in [2.75, 3.05) is 0 Å². The molecule has 0 nitrogen and oxygen atoms in total. The zero-order valence-electron chi connectivity index (χ0n) is 16.9. The summed E-state index contributed by atoms with van der Waals surface area (Å²) in [6.45, 7) is 29.8. The molecule has 126 valence electrons. The van der Waals surface area contributed by atoms with Crippen molar-refractivity contribution in [3.63, 3.8) is 0 Å². The second-order valence-corrected chi connectivity index (χ2v) is 20.9. The number of hydrogen-bond donors (Lipinski definition) is 0. The molecular formula is C19H36P2Si. The Labute approximate surface area is 143 Å². The lowest BCUT2D eigenvalue weighted by Gasteiger charge is -2.70. The van der Waals surface area contributed by atoms with Gasteiger partial charge in [0.05, 0.1) is 13.0 Å². The first-order valence-corrected chi connectivity index (χ1v) is 14.4.